The van der Waals surface area contributed by atoms with Gasteiger partial charge < -0.3 is 15.0 Å². The van der Waals surface area contributed by atoms with Gasteiger partial charge in [-0.25, -0.2) is 0 Å². The van der Waals surface area contributed by atoms with Crippen molar-refractivity contribution in [2.24, 2.45) is 5.92 Å². The molecular formula is C13H22N4O2. The number of hydrogen-bond donors (Lipinski definition) is 1. The van der Waals surface area contributed by atoms with Crippen LogP contribution < -0.4 is 5.32 Å². The van der Waals surface area contributed by atoms with E-state index in [1.165, 1.54) is 0 Å². The van der Waals surface area contributed by atoms with Crippen LogP contribution in [0, 0.1) is 5.92 Å². The summed E-state index contributed by atoms with van der Waals surface area (Å²) in [5.41, 5.74) is 0. The summed E-state index contributed by atoms with van der Waals surface area (Å²) < 4.78 is 7.16. The summed E-state index contributed by atoms with van der Waals surface area (Å²) in [7, 11) is 4.05. The molecule has 0 aromatic carbocycles. The van der Waals surface area contributed by atoms with Crippen molar-refractivity contribution >= 4 is 11.7 Å². The quantitative estimate of drug-likeness (QED) is 0.857. The molecule has 0 spiro atoms. The van der Waals surface area contributed by atoms with Gasteiger partial charge in [0.15, 0.2) is 5.82 Å². The highest BCUT2D eigenvalue weighted by Crippen LogP contribution is 2.15. The summed E-state index contributed by atoms with van der Waals surface area (Å²) in [4.78, 5) is 14.1. The fraction of sp³-hybridized carbons (Fsp3) is 0.692. The Labute approximate surface area is 113 Å². The maximum absolute atomic E-state index is 12.0. The molecule has 1 aromatic rings. The third-order valence-electron chi connectivity index (χ3n) is 3.20. The van der Waals surface area contributed by atoms with Crippen LogP contribution in [-0.2, 0) is 16.1 Å². The number of aromatic nitrogens is 2. The molecular weight excluding hydrogens is 244 g/mol. The monoisotopic (exact) mass is 266 g/mol. The first kappa shape index (κ1) is 14.0. The van der Waals surface area contributed by atoms with Crippen LogP contribution in [0.1, 0.15) is 12.8 Å². The van der Waals surface area contributed by atoms with E-state index in [1.54, 1.807) is 0 Å². The molecule has 1 fully saturated rings. The smallest absolute Gasteiger partial charge is 0.231 e. The Kier molecular flexibility index (Phi) is 4.93. The van der Waals surface area contributed by atoms with E-state index < -0.39 is 0 Å². The molecule has 0 radical (unpaired) electrons. The third kappa shape index (κ3) is 4.33. The van der Waals surface area contributed by atoms with Gasteiger partial charge in [-0.3, -0.25) is 9.48 Å². The Morgan fingerprint density at radius 2 is 2.47 bits per heavy atom. The summed E-state index contributed by atoms with van der Waals surface area (Å²) in [5.74, 6) is 0.590. The molecule has 1 atom stereocenters. The van der Waals surface area contributed by atoms with Crippen LogP contribution in [0.25, 0.3) is 0 Å². The topological polar surface area (TPSA) is 59.4 Å². The average molecular weight is 266 g/mol. The van der Waals surface area contributed by atoms with Crippen molar-refractivity contribution in [3.05, 3.63) is 12.3 Å². The molecule has 1 aliphatic heterocycles. The minimum atomic E-state index is -0.0410. The fourth-order valence-electron chi connectivity index (χ4n) is 2.03. The molecule has 1 N–H and O–H groups in total. The average Bonchev–Trinajstić information content (AvgIpc) is 2.85. The van der Waals surface area contributed by atoms with Crippen molar-refractivity contribution in [1.82, 2.24) is 14.7 Å². The predicted octanol–water partition coefficient (Wildman–Crippen LogP) is 0.810. The number of amides is 1. The minimum absolute atomic E-state index is 0.0116. The minimum Gasteiger partial charge on any atom is -0.381 e. The van der Waals surface area contributed by atoms with Crippen LogP contribution in [0.2, 0.25) is 0 Å². The molecule has 0 saturated carbocycles. The maximum Gasteiger partial charge on any atom is 0.231 e. The zero-order chi connectivity index (χ0) is 13.7. The third-order valence-corrected chi connectivity index (χ3v) is 3.20. The molecule has 2 heterocycles. The molecule has 6 heteroatoms. The maximum atomic E-state index is 12.0. The predicted molar refractivity (Wildman–Crippen MR) is 73.0 cm³/mol. The molecule has 19 heavy (non-hydrogen) atoms. The van der Waals surface area contributed by atoms with E-state index in [2.05, 4.69) is 15.3 Å². The fourth-order valence-corrected chi connectivity index (χ4v) is 2.03. The molecule has 106 valence electrons. The first-order valence-electron chi connectivity index (χ1n) is 6.72. The molecule has 1 aromatic heterocycles. The lowest BCUT2D eigenvalue weighted by Gasteiger charge is -2.20. The molecule has 1 unspecified atom stereocenters. The summed E-state index contributed by atoms with van der Waals surface area (Å²) >= 11 is 0. The number of likely N-dealkylation sites (N-methyl/N-ethyl adjacent to an activating group) is 1. The lowest BCUT2D eigenvalue weighted by atomic mass is 10.0. The number of nitrogens with zero attached hydrogens (tertiary/aromatic N) is 3. The second-order valence-corrected chi connectivity index (χ2v) is 5.17. The SMILES string of the molecule is CN(C)CCn1ccc(NC(=O)C2CCCOC2)n1. The second kappa shape index (κ2) is 6.68. The highest BCUT2D eigenvalue weighted by molar-refractivity contribution is 5.91. The molecule has 1 amide bonds. The largest absolute Gasteiger partial charge is 0.381 e. The highest BCUT2D eigenvalue weighted by atomic mass is 16.5. The molecule has 0 bridgehead atoms. The van der Waals surface area contributed by atoms with Crippen LogP contribution in [0.4, 0.5) is 5.82 Å². The number of carbonyl (C=O) groups is 1. The molecule has 2 rings (SSSR count). The van der Waals surface area contributed by atoms with Gasteiger partial charge in [-0.1, -0.05) is 0 Å². The van der Waals surface area contributed by atoms with Gasteiger partial charge in [-0.2, -0.15) is 5.10 Å². The number of hydrogen-bond acceptors (Lipinski definition) is 4. The van der Waals surface area contributed by atoms with Gasteiger partial charge in [0.25, 0.3) is 0 Å². The first-order chi connectivity index (χ1) is 9.15. The van der Waals surface area contributed by atoms with E-state index in [4.69, 9.17) is 4.74 Å². The van der Waals surface area contributed by atoms with Crippen molar-refractivity contribution in [2.45, 2.75) is 19.4 Å². The van der Waals surface area contributed by atoms with Gasteiger partial charge in [0.2, 0.25) is 5.91 Å². The van der Waals surface area contributed by atoms with E-state index in [0.717, 1.165) is 32.5 Å². The zero-order valence-electron chi connectivity index (χ0n) is 11.6. The van der Waals surface area contributed by atoms with Gasteiger partial charge in [-0.15, -0.1) is 0 Å². The van der Waals surface area contributed by atoms with Crippen LogP contribution in [0.3, 0.4) is 0 Å². The van der Waals surface area contributed by atoms with E-state index in [1.807, 2.05) is 31.0 Å². The zero-order valence-corrected chi connectivity index (χ0v) is 11.6. The summed E-state index contributed by atoms with van der Waals surface area (Å²) in [6.07, 6.45) is 3.74. The van der Waals surface area contributed by atoms with Gasteiger partial charge in [0.1, 0.15) is 0 Å². The number of rotatable bonds is 5. The Balaban J connectivity index is 1.83. The van der Waals surface area contributed by atoms with Crippen LogP contribution >= 0.6 is 0 Å². The Morgan fingerprint density at radius 3 is 3.16 bits per heavy atom. The van der Waals surface area contributed by atoms with Crippen LogP contribution in [-0.4, -0.2) is 54.4 Å². The second-order valence-electron chi connectivity index (χ2n) is 5.17. The number of nitrogens with one attached hydrogen (secondary N) is 1. The van der Waals surface area contributed by atoms with Crippen LogP contribution in [0.15, 0.2) is 12.3 Å². The van der Waals surface area contributed by atoms with Crippen molar-refractivity contribution in [2.75, 3.05) is 39.2 Å². The van der Waals surface area contributed by atoms with Crippen LogP contribution in [0.5, 0.6) is 0 Å². The van der Waals surface area contributed by atoms with Gasteiger partial charge >= 0.3 is 0 Å². The summed E-state index contributed by atoms with van der Waals surface area (Å²) in [6, 6.07) is 1.83. The lowest BCUT2D eigenvalue weighted by Crippen LogP contribution is -2.30. The molecule has 6 nitrogen and oxygen atoms in total. The van der Waals surface area contributed by atoms with Gasteiger partial charge in [0, 0.05) is 25.4 Å². The normalized spacial score (nSPS) is 19.6. The highest BCUT2D eigenvalue weighted by Gasteiger charge is 2.22. The molecule has 1 saturated heterocycles. The summed E-state index contributed by atoms with van der Waals surface area (Å²) in [6.45, 7) is 3.02. The van der Waals surface area contributed by atoms with Gasteiger partial charge in [0.05, 0.1) is 19.1 Å². The van der Waals surface area contributed by atoms with E-state index in [0.29, 0.717) is 12.4 Å². The number of anilines is 1. The summed E-state index contributed by atoms with van der Waals surface area (Å²) in [5, 5.41) is 7.19. The van der Waals surface area contributed by atoms with Crippen molar-refractivity contribution in [1.29, 1.82) is 0 Å². The van der Waals surface area contributed by atoms with Crippen molar-refractivity contribution < 1.29 is 9.53 Å². The number of ether oxygens (including phenoxy) is 1. The van der Waals surface area contributed by atoms with E-state index in [-0.39, 0.29) is 11.8 Å². The number of carbonyl (C=O) groups excluding carboxylic acids is 1. The lowest BCUT2D eigenvalue weighted by molar-refractivity contribution is -0.123. The van der Waals surface area contributed by atoms with Crippen molar-refractivity contribution in [3.8, 4) is 0 Å². The first-order valence-corrected chi connectivity index (χ1v) is 6.72. The Bertz CT molecular complexity index is 411. The van der Waals surface area contributed by atoms with Crippen molar-refractivity contribution in [3.63, 3.8) is 0 Å². The van der Waals surface area contributed by atoms with E-state index in [9.17, 15) is 4.79 Å². The van der Waals surface area contributed by atoms with E-state index >= 15 is 0 Å². The van der Waals surface area contributed by atoms with Gasteiger partial charge in [-0.05, 0) is 26.9 Å². The molecule has 0 aliphatic carbocycles. The standard InChI is InChI=1S/C13H22N4O2/c1-16(2)7-8-17-6-5-12(15-17)14-13(18)11-4-3-9-19-10-11/h5-6,11H,3-4,7-10H2,1-2H3,(H,14,15,18). The Hall–Kier alpha value is -1.40. The molecule has 1 aliphatic rings. The Morgan fingerprint density at radius 1 is 1.63 bits per heavy atom.